The lowest BCUT2D eigenvalue weighted by atomic mass is 10.0. The molecule has 0 aliphatic carbocycles. The van der Waals surface area contributed by atoms with Crippen LogP contribution in [-0.4, -0.2) is 92.5 Å². The number of amides is 5. The molecule has 0 aliphatic rings. The molecule has 15 nitrogen and oxygen atoms in total. The summed E-state index contributed by atoms with van der Waals surface area (Å²) in [5.74, 6) is -4.27. The van der Waals surface area contributed by atoms with Crippen molar-refractivity contribution in [2.75, 3.05) is 25.4 Å². The van der Waals surface area contributed by atoms with Gasteiger partial charge in [-0.25, -0.2) is 17.9 Å². The molecule has 0 aromatic heterocycles. The van der Waals surface area contributed by atoms with E-state index in [1.807, 2.05) is 20.8 Å². The summed E-state index contributed by atoms with van der Waals surface area (Å²) in [5, 5.41) is 22.1. The number of benzene rings is 1. The maximum atomic E-state index is 13.4. The van der Waals surface area contributed by atoms with Crippen LogP contribution in [0.4, 0.5) is 0 Å². The summed E-state index contributed by atoms with van der Waals surface area (Å²) in [4.78, 5) is 75.1. The first-order valence-electron chi connectivity index (χ1n) is 16.8. The minimum Gasteiger partial charge on any atom is -0.480 e. The maximum Gasteiger partial charge on any atom is 0.326 e. The fourth-order valence-electron chi connectivity index (χ4n) is 4.69. The molecule has 0 aliphatic heterocycles. The monoisotopic (exact) mass is 710 g/mol. The summed E-state index contributed by atoms with van der Waals surface area (Å²) in [6, 6.07) is 5.53. The predicted molar refractivity (Wildman–Crippen MR) is 185 cm³/mol. The van der Waals surface area contributed by atoms with Gasteiger partial charge in [-0.3, -0.25) is 24.0 Å². The number of aliphatic carboxylic acids is 1. The van der Waals surface area contributed by atoms with Crippen molar-refractivity contribution in [3.05, 3.63) is 35.9 Å². The van der Waals surface area contributed by atoms with Crippen LogP contribution in [0.15, 0.2) is 30.3 Å². The fourth-order valence-corrected chi connectivity index (χ4v) is 5.88. The number of unbranched alkanes of at least 4 members (excludes halogenated alkanes) is 3. The second-order valence-corrected chi connectivity index (χ2v) is 14.1. The van der Waals surface area contributed by atoms with Crippen LogP contribution in [-0.2, 0) is 45.2 Å². The molecule has 0 fully saturated rings. The van der Waals surface area contributed by atoms with Crippen molar-refractivity contribution in [3.8, 4) is 0 Å². The highest BCUT2D eigenvalue weighted by atomic mass is 32.2. The Morgan fingerprint density at radius 1 is 0.735 bits per heavy atom. The molecule has 276 valence electrons. The molecule has 0 spiro atoms. The van der Waals surface area contributed by atoms with Crippen molar-refractivity contribution in [1.29, 1.82) is 0 Å². The summed E-state index contributed by atoms with van der Waals surface area (Å²) >= 11 is 0. The zero-order chi connectivity index (χ0) is 36.8. The van der Waals surface area contributed by atoms with Crippen LogP contribution in [0.2, 0.25) is 0 Å². The van der Waals surface area contributed by atoms with Crippen LogP contribution in [0.5, 0.6) is 0 Å². The van der Waals surface area contributed by atoms with E-state index >= 15 is 0 Å². The zero-order valence-corrected chi connectivity index (χ0v) is 29.8. The van der Waals surface area contributed by atoms with Crippen molar-refractivity contribution in [2.45, 2.75) is 104 Å². The van der Waals surface area contributed by atoms with Gasteiger partial charge in [-0.15, -0.1) is 0 Å². The highest BCUT2D eigenvalue weighted by Crippen LogP contribution is 2.09. The molecule has 5 amide bonds. The summed E-state index contributed by atoms with van der Waals surface area (Å²) in [6.07, 6.45) is 3.53. The molecular formula is C33H54N6O9S. The number of carboxylic acid groups (broad SMARTS) is 1. The maximum absolute atomic E-state index is 13.4. The first-order valence-corrected chi connectivity index (χ1v) is 18.5. The normalized spacial score (nSPS) is 13.1. The van der Waals surface area contributed by atoms with E-state index in [2.05, 4.69) is 31.3 Å². The number of nitrogens with one attached hydrogen (secondary N) is 6. The van der Waals surface area contributed by atoms with Crippen molar-refractivity contribution in [2.24, 2.45) is 5.92 Å². The Hall–Kier alpha value is -4.05. The van der Waals surface area contributed by atoms with Crippen molar-refractivity contribution >= 4 is 45.5 Å². The van der Waals surface area contributed by atoms with Crippen LogP contribution in [0.1, 0.15) is 84.6 Å². The van der Waals surface area contributed by atoms with Gasteiger partial charge in [0.25, 0.3) is 0 Å². The molecule has 7 N–H and O–H groups in total. The third-order valence-corrected chi connectivity index (χ3v) is 8.83. The predicted octanol–water partition coefficient (Wildman–Crippen LogP) is 0.737. The molecule has 3 unspecified atom stereocenters. The van der Waals surface area contributed by atoms with Crippen LogP contribution in [0.3, 0.4) is 0 Å². The molecule has 0 saturated carbocycles. The minimum absolute atomic E-state index is 0.0346. The number of hydrogen-bond acceptors (Lipinski definition) is 8. The molecule has 1 rings (SSSR count). The second kappa shape index (κ2) is 23.3. The van der Waals surface area contributed by atoms with E-state index in [1.165, 1.54) is 0 Å². The van der Waals surface area contributed by atoms with Gasteiger partial charge in [0.2, 0.25) is 39.6 Å². The van der Waals surface area contributed by atoms with Crippen molar-refractivity contribution in [3.63, 3.8) is 0 Å². The highest BCUT2D eigenvalue weighted by Gasteiger charge is 2.28. The molecule has 0 heterocycles. The lowest BCUT2D eigenvalue weighted by molar-refractivity contribution is -0.142. The lowest BCUT2D eigenvalue weighted by Crippen LogP contribution is -2.56. The Morgan fingerprint density at radius 2 is 1.37 bits per heavy atom. The fraction of sp³-hybridized carbons (Fsp3) is 0.636. The Labute approximate surface area is 289 Å². The Bertz CT molecular complexity index is 1320. The van der Waals surface area contributed by atoms with Crippen LogP contribution in [0, 0.1) is 5.92 Å². The van der Waals surface area contributed by atoms with E-state index in [0.29, 0.717) is 19.3 Å². The molecule has 49 heavy (non-hydrogen) atoms. The van der Waals surface area contributed by atoms with Gasteiger partial charge in [0.05, 0.1) is 18.8 Å². The number of hydrogen-bond donors (Lipinski definition) is 7. The summed E-state index contributed by atoms with van der Waals surface area (Å²) < 4.78 is 26.5. The molecule has 3 atom stereocenters. The Kier molecular flexibility index (Phi) is 20.5. The molecule has 1 aromatic carbocycles. The van der Waals surface area contributed by atoms with Gasteiger partial charge >= 0.3 is 5.97 Å². The standard InChI is InChI=1S/C33H54N6O9S/c1-5-7-13-18-49(47,48)36-17-12-11-16-25(33(45)46)37-30(42)22-35-31(43)26(19-23(3)4)39-32(44)27(20-24-14-9-8-10-15-24)38-29(41)21-34-28(40)6-2/h8-10,14-15,23,25-27,36H,5-7,11-13,16-22H2,1-4H3,(H,34,40)(H,35,43)(H,37,42)(H,38,41)(H,39,44)(H,45,46). The summed E-state index contributed by atoms with van der Waals surface area (Å²) in [6.45, 7) is 6.57. The quantitative estimate of drug-likeness (QED) is 0.0709. The van der Waals surface area contributed by atoms with Crippen LogP contribution >= 0.6 is 0 Å². The van der Waals surface area contributed by atoms with E-state index < -0.39 is 64.3 Å². The SMILES string of the molecule is CCCCCS(=O)(=O)NCCCCC(NC(=O)CNC(=O)C(CC(C)C)NC(=O)C(Cc1ccccc1)NC(=O)CNC(=O)CC)C(=O)O. The van der Waals surface area contributed by atoms with Gasteiger partial charge in [0.1, 0.15) is 18.1 Å². The van der Waals surface area contributed by atoms with E-state index in [1.54, 1.807) is 37.3 Å². The summed E-state index contributed by atoms with van der Waals surface area (Å²) in [7, 11) is -3.39. The third-order valence-electron chi connectivity index (χ3n) is 7.36. The van der Waals surface area contributed by atoms with E-state index in [9.17, 15) is 42.3 Å². The number of carboxylic acids is 1. The first kappa shape index (κ1) is 43.0. The third kappa shape index (κ3) is 19.5. The van der Waals surface area contributed by atoms with Crippen molar-refractivity contribution < 1.29 is 42.3 Å². The summed E-state index contributed by atoms with van der Waals surface area (Å²) in [5.41, 5.74) is 0.749. The second-order valence-electron chi connectivity index (χ2n) is 12.2. The van der Waals surface area contributed by atoms with Crippen LogP contribution in [0.25, 0.3) is 0 Å². The van der Waals surface area contributed by atoms with Gasteiger partial charge < -0.3 is 31.7 Å². The minimum atomic E-state index is -3.39. The number of rotatable bonds is 25. The highest BCUT2D eigenvalue weighted by molar-refractivity contribution is 7.89. The molecular weight excluding hydrogens is 656 g/mol. The zero-order valence-electron chi connectivity index (χ0n) is 29.0. The topological polar surface area (TPSA) is 229 Å². The van der Waals surface area contributed by atoms with Crippen LogP contribution < -0.4 is 31.3 Å². The van der Waals surface area contributed by atoms with Gasteiger partial charge in [-0.05, 0) is 43.6 Å². The average molecular weight is 711 g/mol. The lowest BCUT2D eigenvalue weighted by Gasteiger charge is -2.24. The van der Waals surface area contributed by atoms with Gasteiger partial charge in [-0.2, -0.15) is 0 Å². The van der Waals surface area contributed by atoms with Gasteiger partial charge in [-0.1, -0.05) is 70.9 Å². The van der Waals surface area contributed by atoms with Crippen molar-refractivity contribution in [1.82, 2.24) is 31.3 Å². The Morgan fingerprint density at radius 3 is 1.96 bits per heavy atom. The first-order chi connectivity index (χ1) is 23.2. The number of carbonyl (C=O) groups excluding carboxylic acids is 5. The number of carbonyl (C=O) groups is 6. The van der Waals surface area contributed by atoms with E-state index in [-0.39, 0.29) is 56.4 Å². The van der Waals surface area contributed by atoms with E-state index in [0.717, 1.165) is 18.4 Å². The molecule has 16 heteroatoms. The van der Waals surface area contributed by atoms with Gasteiger partial charge in [0, 0.05) is 19.4 Å². The largest absolute Gasteiger partial charge is 0.480 e. The average Bonchev–Trinajstić information content (AvgIpc) is 3.04. The van der Waals surface area contributed by atoms with E-state index in [4.69, 9.17) is 0 Å². The smallest absolute Gasteiger partial charge is 0.326 e. The number of sulfonamides is 1. The molecule has 0 saturated heterocycles. The van der Waals surface area contributed by atoms with Gasteiger partial charge in [0.15, 0.2) is 0 Å². The molecule has 1 aromatic rings. The molecule has 0 radical (unpaired) electrons. The molecule has 0 bridgehead atoms. The Balaban J connectivity index is 2.77.